The van der Waals surface area contributed by atoms with Crippen molar-refractivity contribution >= 4 is 41.5 Å². The van der Waals surface area contributed by atoms with Crippen molar-refractivity contribution in [3.05, 3.63) is 179 Å². The minimum Gasteiger partial charge on any atom is -0.493 e. The molecule has 0 radical (unpaired) electrons. The minimum absolute atomic E-state index is 0.00842. The molecule has 15 atom stereocenters. The fourth-order valence-corrected chi connectivity index (χ4v) is 21.9. The standard InChI is InChI=1S/C27H35NO5.C24H29N3O5.C21H28F3NO5.2C20H29NO5/c1-27(25(29)15-19-9-5-4-6-10-19)18-28(26(30)32-3)17-22(27)20-13-14-23(31-2)24(16-20)33-21-11-7-8-12-21;1-15(28)24(2)14-27(23(29)31-5)13-17(24)16-10-11-20(30-4)21(12-16)32-22-25-18-8-6-7-9-19(18)26(22)3;1-20(18(26)21(22,23)24)12-25(19(27)29-3)11-15(20)13-8-9-16(28-2)17(10-13)30-14-6-4-5-7-14;2*1-13(22)20(2)12-21(19(23)25-4)10-16(20)15-7-8-17(24-3)18(9-15)26-11-14-5-6-14/h4-6,9-10,13-14,16,21-22,25,29H,7-8,11-12,15,17-18H2,1-3H3;6-12,15,17,28H,13-14H2,1-5H3;8-10,14-15,18,26H,4-7,11-12H2,1-3H3;2*7-9,13-14,16,22H,5-6,10-12H2,1-4H3/t22-,25+,27+;15-,17-,24-;15-,18?,20+;13-,16+,20+;13-,16-,20-/m00010/s1. The second-order valence-corrected chi connectivity index (χ2v) is 41.9. The number of alkyl halides is 3. The van der Waals surface area contributed by atoms with E-state index in [9.17, 15) is 62.7 Å². The van der Waals surface area contributed by atoms with E-state index >= 15 is 0 Å². The van der Waals surface area contributed by atoms with Crippen LogP contribution in [0, 0.1) is 38.9 Å². The molecule has 5 aliphatic heterocycles. The molecule has 5 saturated heterocycles. The van der Waals surface area contributed by atoms with Crippen LogP contribution in [0.2, 0.25) is 0 Å². The number of likely N-dealkylation sites (tertiary alicyclic amines) is 5. The summed E-state index contributed by atoms with van der Waals surface area (Å²) >= 11 is 0. The Bertz CT molecular complexity index is 5640. The number of nitrogens with zero attached hydrogens (tertiary/aromatic N) is 7. The number of amides is 5. The molecule has 4 saturated carbocycles. The molecule has 1 unspecified atom stereocenters. The van der Waals surface area contributed by atoms with E-state index < -0.39 is 81.9 Å². The third-order valence-electron chi connectivity index (χ3n) is 32.1. The summed E-state index contributed by atoms with van der Waals surface area (Å²) in [5, 5.41) is 53.1. The largest absolute Gasteiger partial charge is 0.493 e. The third kappa shape index (κ3) is 25.7. The van der Waals surface area contributed by atoms with Gasteiger partial charge in [0, 0.05) is 129 Å². The molecule has 6 heterocycles. The molecule has 804 valence electrons. The van der Waals surface area contributed by atoms with Gasteiger partial charge in [0.15, 0.2) is 63.6 Å². The van der Waals surface area contributed by atoms with Crippen molar-refractivity contribution in [1.29, 1.82) is 0 Å². The molecule has 1 aromatic heterocycles. The second-order valence-electron chi connectivity index (χ2n) is 41.9. The topological polar surface area (TPSA) is 359 Å². The smallest absolute Gasteiger partial charge is 0.414 e. The number of carbonyl (C=O) groups excluding carboxylic acids is 5. The number of methoxy groups -OCH3 is 10. The number of imidazole rings is 1. The summed E-state index contributed by atoms with van der Waals surface area (Å²) in [7, 11) is 16.6. The SMILES string of the molecule is COC(=O)N1C[C@@H](c2ccc(OC)c(OC3CCCC3)c2)[C@](C)(C(O)C(F)(F)F)C1.COC(=O)N1C[C@@H](c2ccc(OC)c(OC3CCCC3)c2)[C@](C)([C@H](O)Cc2ccccc2)C1.COC(=O)N1C[C@@H](c2ccc(OC)c(OCC3CC3)c2)[C@](C)([C@@H](C)O)C1.COC(=O)N1C[C@@H](c2ccc(OC)c(OCC3CC3)c2)[C@](C)([C@H](C)O)C1.COC(=O)N1C[C@@H](c2ccc(OC)c(Oc3nc4ccccc4n3C)c2)[C@](C)([C@H](C)O)C1. The first-order valence-electron chi connectivity index (χ1n) is 50.8. The van der Waals surface area contributed by atoms with Crippen LogP contribution in [0.3, 0.4) is 0 Å². The molecule has 9 aliphatic rings. The van der Waals surface area contributed by atoms with E-state index in [0.29, 0.717) is 136 Å². The average Bonchev–Trinajstić information content (AvgIpc) is 1.48. The number of halogens is 3. The van der Waals surface area contributed by atoms with E-state index in [4.69, 9.17) is 71.1 Å². The highest BCUT2D eigenvalue weighted by Crippen LogP contribution is 2.56. The lowest BCUT2D eigenvalue weighted by atomic mass is 9.70. The summed E-state index contributed by atoms with van der Waals surface area (Å²) in [6.45, 7) is 19.5. The molecule has 9 fully saturated rings. The molecular weight excluding hydrogens is 1900 g/mol. The number of aryl methyl sites for hydroxylation is 1. The zero-order valence-corrected chi connectivity index (χ0v) is 88.3. The summed E-state index contributed by atoms with van der Waals surface area (Å²) < 4.78 is 125. The Morgan fingerprint density at radius 1 is 0.374 bits per heavy atom. The van der Waals surface area contributed by atoms with Crippen LogP contribution in [0.15, 0.2) is 146 Å². The Morgan fingerprint density at radius 2 is 0.667 bits per heavy atom. The van der Waals surface area contributed by atoms with Gasteiger partial charge >= 0.3 is 42.7 Å². The van der Waals surface area contributed by atoms with Crippen LogP contribution in [0.4, 0.5) is 37.1 Å². The van der Waals surface area contributed by atoms with Gasteiger partial charge in [-0.05, 0) is 222 Å². The van der Waals surface area contributed by atoms with Gasteiger partial charge in [-0.1, -0.05) is 107 Å². The van der Waals surface area contributed by atoms with Crippen molar-refractivity contribution in [2.24, 2.45) is 46.0 Å². The molecule has 0 spiro atoms. The number of aromatic nitrogens is 2. The van der Waals surface area contributed by atoms with Crippen molar-refractivity contribution < 1.29 is 134 Å². The maximum Gasteiger partial charge on any atom is 0.414 e. The molecule has 5 N–H and O–H groups in total. The number of fused-ring (bicyclic) bond motifs is 1. The molecule has 35 heteroatoms. The van der Waals surface area contributed by atoms with Gasteiger partial charge in [-0.25, -0.2) is 24.0 Å². The number of hydrogen-bond donors (Lipinski definition) is 5. The molecule has 8 aromatic rings. The van der Waals surface area contributed by atoms with Crippen LogP contribution in [0.1, 0.15) is 195 Å². The molecule has 5 amide bonds. The van der Waals surface area contributed by atoms with E-state index in [2.05, 4.69) is 11.9 Å². The molecule has 7 aromatic carbocycles. The summed E-state index contributed by atoms with van der Waals surface area (Å²) in [6, 6.07) is 46.7. The van der Waals surface area contributed by atoms with Gasteiger partial charge in [0.1, 0.15) is 0 Å². The van der Waals surface area contributed by atoms with E-state index in [1.807, 2.05) is 160 Å². The second kappa shape index (κ2) is 48.5. The van der Waals surface area contributed by atoms with Crippen LogP contribution in [0.5, 0.6) is 63.5 Å². The molecule has 32 nitrogen and oxygen atoms in total. The highest BCUT2D eigenvalue weighted by Gasteiger charge is 2.60. The fraction of sp³-hybridized carbons (Fsp3) is 0.571. The summed E-state index contributed by atoms with van der Waals surface area (Å²) in [6.07, 6.45) is 2.04. The van der Waals surface area contributed by atoms with Gasteiger partial charge in [-0.15, -0.1) is 0 Å². The maximum absolute atomic E-state index is 13.5. The highest BCUT2D eigenvalue weighted by molar-refractivity contribution is 5.77. The van der Waals surface area contributed by atoms with Crippen LogP contribution in [-0.2, 0) is 37.2 Å². The quantitative estimate of drug-likeness (QED) is 0.0272. The first-order valence-corrected chi connectivity index (χ1v) is 50.8. The number of aliphatic hydroxyl groups excluding tert-OH is 5. The minimum atomic E-state index is -4.82. The zero-order valence-electron chi connectivity index (χ0n) is 88.3. The van der Waals surface area contributed by atoms with E-state index in [1.54, 1.807) is 87.0 Å². The highest BCUT2D eigenvalue weighted by atomic mass is 19.4. The van der Waals surface area contributed by atoms with Crippen LogP contribution in [-0.4, -0.2) is 289 Å². The predicted molar refractivity (Wildman–Crippen MR) is 545 cm³/mol. The maximum atomic E-state index is 13.5. The van der Waals surface area contributed by atoms with Crippen molar-refractivity contribution in [3.63, 3.8) is 0 Å². The van der Waals surface area contributed by atoms with Gasteiger partial charge < -0.3 is 121 Å². The first-order chi connectivity index (χ1) is 70.1. The van der Waals surface area contributed by atoms with Gasteiger partial charge in [-0.3, -0.25) is 4.57 Å². The Morgan fingerprint density at radius 3 is 0.986 bits per heavy atom. The Labute approximate surface area is 860 Å². The number of aliphatic hydroxyl groups is 5. The van der Waals surface area contributed by atoms with Crippen molar-refractivity contribution in [2.75, 3.05) is 150 Å². The lowest BCUT2D eigenvalue weighted by Crippen LogP contribution is -2.48. The number of carbonyl (C=O) groups is 5. The number of rotatable bonds is 29. The lowest BCUT2D eigenvalue weighted by molar-refractivity contribution is -0.236. The molecule has 147 heavy (non-hydrogen) atoms. The number of benzene rings is 7. The normalized spacial score (nSPS) is 24.8. The van der Waals surface area contributed by atoms with Crippen LogP contribution >= 0.6 is 0 Å². The average molecular weight is 2050 g/mol. The zero-order chi connectivity index (χ0) is 106. The molecule has 4 aliphatic carbocycles. The summed E-state index contributed by atoms with van der Waals surface area (Å²) in [5.74, 6) is 6.64. The van der Waals surface area contributed by atoms with E-state index in [0.717, 1.165) is 94.6 Å². The Hall–Kier alpha value is -12.1. The van der Waals surface area contributed by atoms with Crippen LogP contribution < -0.4 is 47.4 Å². The Balaban J connectivity index is 0.000000154. The van der Waals surface area contributed by atoms with Crippen molar-refractivity contribution in [2.45, 2.75) is 217 Å². The van der Waals surface area contributed by atoms with E-state index in [-0.39, 0.29) is 67.2 Å². The van der Waals surface area contributed by atoms with Gasteiger partial charge in [-0.2, -0.15) is 18.2 Å². The monoisotopic (exact) mass is 2050 g/mol. The van der Waals surface area contributed by atoms with E-state index in [1.165, 1.54) is 93.0 Å². The Kier molecular flexibility index (Phi) is 37.0. The number of hydrogen-bond acceptors (Lipinski definition) is 26. The fourth-order valence-electron chi connectivity index (χ4n) is 21.9. The summed E-state index contributed by atoms with van der Waals surface area (Å²) in [4.78, 5) is 73.2. The molecule has 0 bridgehead atoms. The van der Waals surface area contributed by atoms with Gasteiger partial charge in [0.05, 0.1) is 132 Å². The number of para-hydroxylation sites is 2. The predicted octanol–water partition coefficient (Wildman–Crippen LogP) is 18.9. The summed E-state index contributed by atoms with van der Waals surface area (Å²) in [5.41, 5.74) is 3.79. The molecular formula is C112H150F3N7O25. The lowest BCUT2D eigenvalue weighted by Gasteiger charge is -2.36. The number of ether oxygens (including phenoxy) is 15. The van der Waals surface area contributed by atoms with Crippen molar-refractivity contribution in [3.8, 4) is 63.5 Å². The third-order valence-corrected chi connectivity index (χ3v) is 32.1. The van der Waals surface area contributed by atoms with Crippen LogP contribution in [0.25, 0.3) is 11.0 Å². The van der Waals surface area contributed by atoms with Gasteiger partial charge in [0.2, 0.25) is 0 Å². The van der Waals surface area contributed by atoms with Crippen molar-refractivity contribution in [1.82, 2.24) is 34.1 Å². The van der Waals surface area contributed by atoms with Gasteiger partial charge in [0.25, 0.3) is 0 Å². The molecule has 17 rings (SSSR count). The first kappa shape index (κ1) is 112.